The zero-order valence-electron chi connectivity index (χ0n) is 12.6. The highest BCUT2D eigenvalue weighted by Gasteiger charge is 2.08. The number of anilines is 2. The van der Waals surface area contributed by atoms with E-state index in [2.05, 4.69) is 10.6 Å². The minimum absolute atomic E-state index is 0.0723. The van der Waals surface area contributed by atoms with Crippen LogP contribution < -0.4 is 10.6 Å². The molecule has 0 radical (unpaired) electrons. The van der Waals surface area contributed by atoms with Gasteiger partial charge < -0.3 is 10.6 Å². The average molecular weight is 314 g/mol. The van der Waals surface area contributed by atoms with E-state index < -0.39 is 0 Å². The standard InChI is InChI=1S/C17H18N2O2S/c1-12-7-3-4-8-14(12)19-17(21)11-22-16-10-6-5-9-15(16)18-13(2)20/h3-10H,11H2,1-2H3,(H,18,20)(H,19,21). The Morgan fingerprint density at radius 2 is 1.59 bits per heavy atom. The van der Waals surface area contributed by atoms with Gasteiger partial charge in [-0.05, 0) is 30.7 Å². The van der Waals surface area contributed by atoms with E-state index in [1.165, 1.54) is 18.7 Å². The lowest BCUT2D eigenvalue weighted by Gasteiger charge is -2.10. The van der Waals surface area contributed by atoms with Crippen molar-refractivity contribution in [2.24, 2.45) is 0 Å². The number of rotatable bonds is 5. The third kappa shape index (κ3) is 4.63. The molecule has 0 aliphatic carbocycles. The zero-order chi connectivity index (χ0) is 15.9. The minimum atomic E-state index is -0.127. The van der Waals surface area contributed by atoms with Gasteiger partial charge in [0.25, 0.3) is 0 Å². The van der Waals surface area contributed by atoms with Crippen molar-refractivity contribution in [2.45, 2.75) is 18.7 Å². The highest BCUT2D eigenvalue weighted by molar-refractivity contribution is 8.00. The fourth-order valence-electron chi connectivity index (χ4n) is 1.93. The number of carbonyl (C=O) groups is 2. The van der Waals surface area contributed by atoms with Crippen LogP contribution in [0, 0.1) is 6.92 Å². The van der Waals surface area contributed by atoms with Crippen molar-refractivity contribution in [3.8, 4) is 0 Å². The van der Waals surface area contributed by atoms with E-state index in [9.17, 15) is 9.59 Å². The normalized spacial score (nSPS) is 10.1. The maximum Gasteiger partial charge on any atom is 0.234 e. The molecule has 2 aromatic rings. The van der Waals surface area contributed by atoms with E-state index in [1.807, 2.05) is 55.5 Å². The fourth-order valence-corrected chi connectivity index (χ4v) is 2.74. The number of nitrogens with one attached hydrogen (secondary N) is 2. The number of hydrogen-bond donors (Lipinski definition) is 2. The molecule has 114 valence electrons. The van der Waals surface area contributed by atoms with Gasteiger partial charge in [0.05, 0.1) is 11.4 Å². The van der Waals surface area contributed by atoms with Crippen molar-refractivity contribution in [1.29, 1.82) is 0 Å². The first-order valence-electron chi connectivity index (χ1n) is 6.91. The van der Waals surface area contributed by atoms with Gasteiger partial charge in [-0.15, -0.1) is 11.8 Å². The Balaban J connectivity index is 1.97. The summed E-state index contributed by atoms with van der Waals surface area (Å²) in [7, 11) is 0. The van der Waals surface area contributed by atoms with Gasteiger partial charge in [-0.3, -0.25) is 9.59 Å². The summed E-state index contributed by atoms with van der Waals surface area (Å²) in [5.41, 5.74) is 2.58. The highest BCUT2D eigenvalue weighted by Crippen LogP contribution is 2.27. The highest BCUT2D eigenvalue weighted by atomic mass is 32.2. The Kier molecular flexibility index (Phi) is 5.61. The Morgan fingerprint density at radius 1 is 0.955 bits per heavy atom. The molecular weight excluding hydrogens is 296 g/mol. The number of amides is 2. The van der Waals surface area contributed by atoms with Gasteiger partial charge in [-0.2, -0.15) is 0 Å². The lowest BCUT2D eigenvalue weighted by Crippen LogP contribution is -2.15. The van der Waals surface area contributed by atoms with E-state index in [-0.39, 0.29) is 17.6 Å². The first-order valence-corrected chi connectivity index (χ1v) is 7.89. The van der Waals surface area contributed by atoms with E-state index in [0.717, 1.165) is 21.8 Å². The molecule has 0 aliphatic rings. The molecule has 2 amide bonds. The van der Waals surface area contributed by atoms with Gasteiger partial charge in [0.2, 0.25) is 11.8 Å². The molecule has 0 unspecified atom stereocenters. The number of thioether (sulfide) groups is 1. The van der Waals surface area contributed by atoms with Crippen molar-refractivity contribution in [3.63, 3.8) is 0 Å². The number of hydrogen-bond acceptors (Lipinski definition) is 3. The molecule has 4 nitrogen and oxygen atoms in total. The smallest absolute Gasteiger partial charge is 0.234 e. The summed E-state index contributed by atoms with van der Waals surface area (Å²) in [4.78, 5) is 24.1. The number of aryl methyl sites for hydroxylation is 1. The van der Waals surface area contributed by atoms with E-state index in [1.54, 1.807) is 0 Å². The van der Waals surface area contributed by atoms with Crippen molar-refractivity contribution in [3.05, 3.63) is 54.1 Å². The molecular formula is C17H18N2O2S. The van der Waals surface area contributed by atoms with Crippen molar-refractivity contribution >= 4 is 35.0 Å². The second kappa shape index (κ2) is 7.66. The average Bonchev–Trinajstić information content (AvgIpc) is 2.48. The third-order valence-electron chi connectivity index (χ3n) is 2.98. The maximum atomic E-state index is 12.1. The first-order chi connectivity index (χ1) is 10.6. The van der Waals surface area contributed by atoms with Crippen LogP contribution in [0.2, 0.25) is 0 Å². The molecule has 2 aromatic carbocycles. The zero-order valence-corrected chi connectivity index (χ0v) is 13.4. The van der Waals surface area contributed by atoms with Gasteiger partial charge in [0.1, 0.15) is 0 Å². The Labute approximate surface area is 134 Å². The summed E-state index contributed by atoms with van der Waals surface area (Å²) in [6.45, 7) is 3.42. The number of benzene rings is 2. The molecule has 0 heterocycles. The molecule has 2 rings (SSSR count). The van der Waals surface area contributed by atoms with Gasteiger partial charge in [-0.25, -0.2) is 0 Å². The Bertz CT molecular complexity index is 686. The molecule has 0 spiro atoms. The van der Waals surface area contributed by atoms with Crippen LogP contribution in [0.1, 0.15) is 12.5 Å². The van der Waals surface area contributed by atoms with Gasteiger partial charge in [0, 0.05) is 17.5 Å². The summed E-state index contributed by atoms with van der Waals surface area (Å²) in [6.07, 6.45) is 0. The quantitative estimate of drug-likeness (QED) is 0.828. The topological polar surface area (TPSA) is 58.2 Å². The number of carbonyl (C=O) groups excluding carboxylic acids is 2. The fraction of sp³-hybridized carbons (Fsp3) is 0.176. The predicted octanol–water partition coefficient (Wildman–Crippen LogP) is 3.68. The SMILES string of the molecule is CC(=O)Nc1ccccc1SCC(=O)Nc1ccccc1C. The summed E-state index contributed by atoms with van der Waals surface area (Å²) in [5, 5.41) is 5.66. The van der Waals surface area contributed by atoms with E-state index in [4.69, 9.17) is 0 Å². The van der Waals surface area contributed by atoms with Gasteiger partial charge in [0.15, 0.2) is 0 Å². The van der Waals surface area contributed by atoms with Crippen LogP contribution in [0.5, 0.6) is 0 Å². The van der Waals surface area contributed by atoms with E-state index >= 15 is 0 Å². The molecule has 0 atom stereocenters. The molecule has 0 bridgehead atoms. The van der Waals surface area contributed by atoms with Crippen LogP contribution in [0.15, 0.2) is 53.4 Å². The van der Waals surface area contributed by atoms with Crippen LogP contribution in [0.3, 0.4) is 0 Å². The lowest BCUT2D eigenvalue weighted by atomic mass is 10.2. The van der Waals surface area contributed by atoms with Crippen molar-refractivity contribution in [1.82, 2.24) is 0 Å². The molecule has 0 aromatic heterocycles. The Morgan fingerprint density at radius 3 is 2.27 bits per heavy atom. The minimum Gasteiger partial charge on any atom is -0.325 e. The second-order valence-corrected chi connectivity index (χ2v) is 5.85. The molecule has 2 N–H and O–H groups in total. The van der Waals surface area contributed by atoms with Gasteiger partial charge in [-0.1, -0.05) is 30.3 Å². The predicted molar refractivity (Wildman–Crippen MR) is 91.3 cm³/mol. The number of para-hydroxylation sites is 2. The van der Waals surface area contributed by atoms with Gasteiger partial charge >= 0.3 is 0 Å². The monoisotopic (exact) mass is 314 g/mol. The van der Waals surface area contributed by atoms with Crippen molar-refractivity contribution in [2.75, 3.05) is 16.4 Å². The molecule has 0 aliphatic heterocycles. The Hall–Kier alpha value is -2.27. The summed E-state index contributed by atoms with van der Waals surface area (Å²) < 4.78 is 0. The van der Waals surface area contributed by atoms with Crippen LogP contribution in [0.25, 0.3) is 0 Å². The third-order valence-corrected chi connectivity index (χ3v) is 4.05. The van der Waals surface area contributed by atoms with Crippen LogP contribution in [0.4, 0.5) is 11.4 Å². The van der Waals surface area contributed by atoms with E-state index in [0.29, 0.717) is 0 Å². The first kappa shape index (κ1) is 16.1. The molecule has 0 fully saturated rings. The summed E-state index contributed by atoms with van der Waals surface area (Å²) in [6, 6.07) is 15.1. The van der Waals surface area contributed by atoms with Crippen molar-refractivity contribution < 1.29 is 9.59 Å². The molecule has 22 heavy (non-hydrogen) atoms. The summed E-state index contributed by atoms with van der Waals surface area (Å²) >= 11 is 1.40. The molecule has 0 saturated heterocycles. The van der Waals surface area contributed by atoms with Crippen LogP contribution in [-0.2, 0) is 9.59 Å². The molecule has 0 saturated carbocycles. The maximum absolute atomic E-state index is 12.1. The largest absolute Gasteiger partial charge is 0.325 e. The lowest BCUT2D eigenvalue weighted by molar-refractivity contribution is -0.114. The second-order valence-electron chi connectivity index (χ2n) is 4.83. The molecule has 5 heteroatoms. The van der Waals surface area contributed by atoms with Crippen LogP contribution >= 0.6 is 11.8 Å². The summed E-state index contributed by atoms with van der Waals surface area (Å²) in [5.74, 6) is 0.0830. The van der Waals surface area contributed by atoms with Crippen LogP contribution in [-0.4, -0.2) is 17.6 Å².